The molecule has 3 rings (SSSR count). The molecule has 0 saturated carbocycles. The Kier molecular flexibility index (Phi) is 5.68. The van der Waals surface area contributed by atoms with Crippen LogP contribution < -0.4 is 10.1 Å². The number of benzene rings is 2. The zero-order valence-electron chi connectivity index (χ0n) is 16.7. The number of nitrogens with zero attached hydrogens (tertiary/aromatic N) is 2. The average Bonchev–Trinajstić information content (AvgIpc) is 2.97. The smallest absolute Gasteiger partial charge is 0.338 e. The first-order valence-corrected chi connectivity index (χ1v) is 8.94. The van der Waals surface area contributed by atoms with Crippen LogP contribution in [0.15, 0.2) is 36.4 Å². The molecule has 0 aliphatic carbocycles. The average molecular weight is 427 g/mol. The van der Waals surface area contributed by atoms with Crippen LogP contribution in [0.4, 0.5) is 11.4 Å². The first-order valence-electron chi connectivity index (χ1n) is 8.94. The van der Waals surface area contributed by atoms with Gasteiger partial charge < -0.3 is 14.8 Å². The highest BCUT2D eigenvalue weighted by Gasteiger charge is 2.33. The van der Waals surface area contributed by atoms with Gasteiger partial charge >= 0.3 is 5.97 Å². The number of hydrogen-bond donors (Lipinski definition) is 1. The first kappa shape index (κ1) is 21.4. The summed E-state index contributed by atoms with van der Waals surface area (Å²) >= 11 is 0. The summed E-state index contributed by atoms with van der Waals surface area (Å²) in [6, 6.07) is 7.55. The van der Waals surface area contributed by atoms with Crippen LogP contribution in [0.5, 0.6) is 5.75 Å². The standard InChI is InChI=1S/C20H17N3O8/c1-10(17(24)21-15-9-12(23(28)29)5-7-16(15)30-3)31-20(27)11-4-6-13-14(8-11)19(26)22(2)18(13)25/h4-10H,1-3H3,(H,21,24). The summed E-state index contributed by atoms with van der Waals surface area (Å²) in [4.78, 5) is 60.1. The predicted molar refractivity (Wildman–Crippen MR) is 106 cm³/mol. The summed E-state index contributed by atoms with van der Waals surface area (Å²) in [6.45, 7) is 1.31. The number of anilines is 1. The van der Waals surface area contributed by atoms with Gasteiger partial charge in [-0.15, -0.1) is 0 Å². The maximum absolute atomic E-state index is 12.4. The number of nitro groups is 1. The summed E-state index contributed by atoms with van der Waals surface area (Å²) in [5, 5.41) is 13.4. The second-order valence-electron chi connectivity index (χ2n) is 6.61. The van der Waals surface area contributed by atoms with Gasteiger partial charge in [0.1, 0.15) is 5.75 Å². The normalized spacial score (nSPS) is 13.5. The van der Waals surface area contributed by atoms with Gasteiger partial charge in [0.2, 0.25) is 0 Å². The van der Waals surface area contributed by atoms with Gasteiger partial charge in [0.15, 0.2) is 6.10 Å². The second kappa shape index (κ2) is 8.22. The van der Waals surface area contributed by atoms with Crippen molar-refractivity contribution in [3.05, 3.63) is 63.2 Å². The fourth-order valence-electron chi connectivity index (χ4n) is 2.91. The quantitative estimate of drug-likeness (QED) is 0.319. The fraction of sp³-hybridized carbons (Fsp3) is 0.200. The minimum absolute atomic E-state index is 0.0113. The summed E-state index contributed by atoms with van der Waals surface area (Å²) in [5.41, 5.74) is 0.00752. The molecule has 3 amide bonds. The van der Waals surface area contributed by atoms with E-state index in [2.05, 4.69) is 5.32 Å². The summed E-state index contributed by atoms with van der Waals surface area (Å²) < 4.78 is 10.2. The monoisotopic (exact) mass is 427 g/mol. The molecule has 11 heteroatoms. The molecule has 2 aromatic carbocycles. The Morgan fingerprint density at radius 1 is 1.10 bits per heavy atom. The molecule has 1 heterocycles. The Hall–Kier alpha value is -4.28. The molecule has 0 spiro atoms. The molecule has 1 unspecified atom stereocenters. The first-order chi connectivity index (χ1) is 14.6. The van der Waals surface area contributed by atoms with E-state index in [4.69, 9.17) is 9.47 Å². The van der Waals surface area contributed by atoms with Crippen molar-refractivity contribution in [2.24, 2.45) is 0 Å². The lowest BCUT2D eigenvalue weighted by Crippen LogP contribution is -2.30. The van der Waals surface area contributed by atoms with Gasteiger partial charge in [-0.3, -0.25) is 29.4 Å². The van der Waals surface area contributed by atoms with Crippen LogP contribution in [-0.4, -0.2) is 53.8 Å². The number of imide groups is 1. The van der Waals surface area contributed by atoms with Crippen molar-refractivity contribution in [2.45, 2.75) is 13.0 Å². The minimum atomic E-state index is -1.27. The van der Waals surface area contributed by atoms with E-state index in [0.717, 1.165) is 11.0 Å². The molecular weight excluding hydrogens is 410 g/mol. The van der Waals surface area contributed by atoms with E-state index in [1.54, 1.807) is 0 Å². The summed E-state index contributed by atoms with van der Waals surface area (Å²) in [7, 11) is 2.66. The van der Waals surface area contributed by atoms with Crippen LogP contribution in [0.1, 0.15) is 38.0 Å². The predicted octanol–water partition coefficient (Wildman–Crippen LogP) is 2.01. The number of fused-ring (bicyclic) bond motifs is 1. The van der Waals surface area contributed by atoms with Gasteiger partial charge in [-0.25, -0.2) is 4.79 Å². The van der Waals surface area contributed by atoms with E-state index in [1.807, 2.05) is 0 Å². The lowest BCUT2D eigenvalue weighted by Gasteiger charge is -2.15. The Morgan fingerprint density at radius 3 is 2.42 bits per heavy atom. The molecule has 1 aliphatic heterocycles. The third-order valence-electron chi connectivity index (χ3n) is 4.63. The van der Waals surface area contributed by atoms with Crippen molar-refractivity contribution in [3.63, 3.8) is 0 Å². The summed E-state index contributed by atoms with van der Waals surface area (Å²) in [6.07, 6.45) is -1.27. The third-order valence-corrected chi connectivity index (χ3v) is 4.63. The minimum Gasteiger partial charge on any atom is -0.495 e. The van der Waals surface area contributed by atoms with E-state index >= 15 is 0 Å². The lowest BCUT2D eigenvalue weighted by molar-refractivity contribution is -0.384. The lowest BCUT2D eigenvalue weighted by atomic mass is 10.1. The highest BCUT2D eigenvalue weighted by atomic mass is 16.6. The highest BCUT2D eigenvalue weighted by molar-refractivity contribution is 6.21. The largest absolute Gasteiger partial charge is 0.495 e. The maximum Gasteiger partial charge on any atom is 0.338 e. The van der Waals surface area contributed by atoms with Gasteiger partial charge in [-0.05, 0) is 31.2 Å². The molecule has 31 heavy (non-hydrogen) atoms. The molecule has 0 radical (unpaired) electrons. The van der Waals surface area contributed by atoms with Crippen LogP contribution >= 0.6 is 0 Å². The van der Waals surface area contributed by atoms with Gasteiger partial charge in [0, 0.05) is 19.2 Å². The zero-order valence-corrected chi connectivity index (χ0v) is 16.7. The Labute approximate surface area is 175 Å². The molecule has 0 fully saturated rings. The molecule has 160 valence electrons. The maximum atomic E-state index is 12.4. The van der Waals surface area contributed by atoms with E-state index in [1.165, 1.54) is 51.4 Å². The van der Waals surface area contributed by atoms with Crippen molar-refractivity contribution in [2.75, 3.05) is 19.5 Å². The highest BCUT2D eigenvalue weighted by Crippen LogP contribution is 2.29. The Morgan fingerprint density at radius 2 is 1.77 bits per heavy atom. The Balaban J connectivity index is 1.73. The number of esters is 1. The van der Waals surface area contributed by atoms with Crippen LogP contribution in [0, 0.1) is 10.1 Å². The van der Waals surface area contributed by atoms with Crippen molar-refractivity contribution in [3.8, 4) is 5.75 Å². The van der Waals surface area contributed by atoms with Crippen molar-refractivity contribution in [1.29, 1.82) is 0 Å². The van der Waals surface area contributed by atoms with Crippen LogP contribution in [0.3, 0.4) is 0 Å². The number of amides is 3. The molecule has 2 aromatic rings. The molecule has 1 atom stereocenters. The molecule has 1 N–H and O–H groups in total. The number of methoxy groups -OCH3 is 1. The second-order valence-corrected chi connectivity index (χ2v) is 6.61. The Bertz CT molecular complexity index is 1130. The number of nitro benzene ring substituents is 1. The van der Waals surface area contributed by atoms with Crippen molar-refractivity contribution >= 4 is 35.1 Å². The third kappa shape index (κ3) is 4.06. The van der Waals surface area contributed by atoms with Gasteiger partial charge in [0.25, 0.3) is 23.4 Å². The molecule has 0 aromatic heterocycles. The number of ether oxygens (including phenoxy) is 2. The van der Waals surface area contributed by atoms with Crippen LogP contribution in [0.25, 0.3) is 0 Å². The van der Waals surface area contributed by atoms with Gasteiger partial charge in [-0.2, -0.15) is 0 Å². The molecule has 0 bridgehead atoms. The van der Waals surface area contributed by atoms with Crippen LogP contribution in [0.2, 0.25) is 0 Å². The fourth-order valence-corrected chi connectivity index (χ4v) is 2.91. The number of nitrogens with one attached hydrogen (secondary N) is 1. The SMILES string of the molecule is COc1ccc([N+](=O)[O-])cc1NC(=O)C(C)OC(=O)c1ccc2c(c1)C(=O)N(C)C2=O. The number of hydrogen-bond acceptors (Lipinski definition) is 8. The van der Waals surface area contributed by atoms with Gasteiger partial charge in [0.05, 0.1) is 34.4 Å². The molecular formula is C20H17N3O8. The van der Waals surface area contributed by atoms with Gasteiger partial charge in [-0.1, -0.05) is 0 Å². The van der Waals surface area contributed by atoms with Crippen molar-refractivity contribution in [1.82, 2.24) is 4.90 Å². The topological polar surface area (TPSA) is 145 Å². The number of carbonyl (C=O) groups is 4. The zero-order chi connectivity index (χ0) is 22.9. The molecule has 11 nitrogen and oxygen atoms in total. The van der Waals surface area contributed by atoms with E-state index < -0.39 is 34.7 Å². The van der Waals surface area contributed by atoms with E-state index in [-0.39, 0.29) is 33.8 Å². The number of carbonyl (C=O) groups excluding carboxylic acids is 4. The van der Waals surface area contributed by atoms with E-state index in [0.29, 0.717) is 0 Å². The molecule has 0 saturated heterocycles. The van der Waals surface area contributed by atoms with E-state index in [9.17, 15) is 29.3 Å². The number of non-ortho nitro benzene ring substituents is 1. The number of rotatable bonds is 6. The molecule has 1 aliphatic rings. The summed E-state index contributed by atoms with van der Waals surface area (Å²) in [5.74, 6) is -2.47. The van der Waals surface area contributed by atoms with Crippen LogP contribution in [-0.2, 0) is 9.53 Å². The van der Waals surface area contributed by atoms with Crippen molar-refractivity contribution < 1.29 is 33.6 Å².